The average molecular weight is 391 g/mol. The molecule has 4 rings (SSSR count). The van der Waals surface area contributed by atoms with Crippen LogP contribution in [0.4, 0.5) is 5.82 Å². The Kier molecular flexibility index (Phi) is 5.03. The van der Waals surface area contributed by atoms with Crippen LogP contribution in [0.5, 0.6) is 11.5 Å². The first-order valence-electron chi connectivity index (χ1n) is 9.31. The van der Waals surface area contributed by atoms with Crippen molar-refractivity contribution in [1.82, 2.24) is 9.55 Å². The third kappa shape index (κ3) is 3.85. The lowest BCUT2D eigenvalue weighted by molar-refractivity contribution is -0.127. The maximum absolute atomic E-state index is 13.0. The Bertz CT molecular complexity index is 1030. The Balaban J connectivity index is 1.50. The smallest absolute Gasteiger partial charge is 0.269 e. The number of carbonyl (C=O) groups is 2. The van der Waals surface area contributed by atoms with E-state index in [-0.39, 0.29) is 24.7 Å². The van der Waals surface area contributed by atoms with E-state index in [1.807, 2.05) is 53.4 Å². The molecule has 7 nitrogen and oxygen atoms in total. The molecular formula is C22H21N3O4. The molecular weight excluding hydrogens is 370 g/mol. The van der Waals surface area contributed by atoms with Gasteiger partial charge in [-0.05, 0) is 49.4 Å². The number of hydrogen-bond acceptors (Lipinski definition) is 5. The standard InChI is InChI=1S/C22H21N3O4/c1-15(29-19-7-5-17(6-8-19)24-9-3-4-10-24)22(27)25-14-18(26)11-16-12-20(28-2)13-23-21(16)25/h3-10,12-13,15H,11,14H2,1-2H3. The Hall–Kier alpha value is -3.61. The van der Waals surface area contributed by atoms with Gasteiger partial charge in [0.05, 0.1) is 19.9 Å². The molecule has 148 valence electrons. The number of benzene rings is 1. The monoisotopic (exact) mass is 391 g/mol. The summed E-state index contributed by atoms with van der Waals surface area (Å²) in [6.45, 7) is 1.66. The highest BCUT2D eigenvalue weighted by Gasteiger charge is 2.32. The summed E-state index contributed by atoms with van der Waals surface area (Å²) in [5.74, 6) is 1.25. The van der Waals surface area contributed by atoms with E-state index in [2.05, 4.69) is 4.98 Å². The highest BCUT2D eigenvalue weighted by molar-refractivity contribution is 6.04. The zero-order valence-corrected chi connectivity index (χ0v) is 16.2. The predicted octanol–water partition coefficient (Wildman–Crippen LogP) is 2.81. The van der Waals surface area contributed by atoms with Crippen molar-refractivity contribution in [3.05, 3.63) is 66.6 Å². The number of fused-ring (bicyclic) bond motifs is 1. The Morgan fingerprint density at radius 1 is 1.14 bits per heavy atom. The molecule has 0 saturated heterocycles. The normalized spacial score (nSPS) is 14.3. The molecule has 0 aliphatic carbocycles. The summed E-state index contributed by atoms with van der Waals surface area (Å²) < 4.78 is 13.0. The van der Waals surface area contributed by atoms with Crippen LogP contribution in [-0.4, -0.2) is 41.0 Å². The molecule has 0 spiro atoms. The van der Waals surface area contributed by atoms with Gasteiger partial charge in [-0.15, -0.1) is 0 Å². The lowest BCUT2D eigenvalue weighted by atomic mass is 10.0. The third-order valence-corrected chi connectivity index (χ3v) is 4.80. The van der Waals surface area contributed by atoms with Crippen LogP contribution in [0, 0.1) is 0 Å². The summed E-state index contributed by atoms with van der Waals surface area (Å²) in [5.41, 5.74) is 1.67. The number of hydrogen-bond donors (Lipinski definition) is 0. The van der Waals surface area contributed by atoms with E-state index in [0.29, 0.717) is 22.9 Å². The average Bonchev–Trinajstić information content (AvgIpc) is 3.27. The molecule has 1 unspecified atom stereocenters. The van der Waals surface area contributed by atoms with Gasteiger partial charge in [-0.1, -0.05) is 0 Å². The zero-order chi connectivity index (χ0) is 20.4. The topological polar surface area (TPSA) is 73.7 Å². The van der Waals surface area contributed by atoms with Crippen molar-refractivity contribution in [3.63, 3.8) is 0 Å². The van der Waals surface area contributed by atoms with Crippen molar-refractivity contribution in [1.29, 1.82) is 0 Å². The van der Waals surface area contributed by atoms with Crippen molar-refractivity contribution >= 4 is 17.5 Å². The van der Waals surface area contributed by atoms with Crippen LogP contribution in [0.1, 0.15) is 12.5 Å². The largest absolute Gasteiger partial charge is 0.495 e. The number of aromatic nitrogens is 2. The summed E-state index contributed by atoms with van der Waals surface area (Å²) in [5, 5.41) is 0. The van der Waals surface area contributed by atoms with E-state index in [9.17, 15) is 9.59 Å². The number of rotatable bonds is 5. The summed E-state index contributed by atoms with van der Waals surface area (Å²) in [6, 6.07) is 13.1. The minimum absolute atomic E-state index is 0.00850. The molecule has 29 heavy (non-hydrogen) atoms. The lowest BCUT2D eigenvalue weighted by Crippen LogP contribution is -2.46. The maximum Gasteiger partial charge on any atom is 0.269 e. The lowest BCUT2D eigenvalue weighted by Gasteiger charge is -2.29. The molecule has 0 fully saturated rings. The van der Waals surface area contributed by atoms with E-state index in [1.165, 1.54) is 12.0 Å². The van der Waals surface area contributed by atoms with E-state index in [0.717, 1.165) is 5.69 Å². The van der Waals surface area contributed by atoms with Gasteiger partial charge in [0.25, 0.3) is 5.91 Å². The first-order chi connectivity index (χ1) is 14.0. The molecule has 3 heterocycles. The molecule has 1 aliphatic rings. The molecule has 7 heteroatoms. The number of amides is 1. The van der Waals surface area contributed by atoms with Crippen LogP contribution in [-0.2, 0) is 16.0 Å². The molecule has 1 aliphatic heterocycles. The highest BCUT2D eigenvalue weighted by atomic mass is 16.5. The van der Waals surface area contributed by atoms with Gasteiger partial charge >= 0.3 is 0 Å². The molecule has 1 amide bonds. The van der Waals surface area contributed by atoms with Crippen molar-refractivity contribution in [2.45, 2.75) is 19.4 Å². The van der Waals surface area contributed by atoms with Crippen molar-refractivity contribution in [3.8, 4) is 17.2 Å². The maximum atomic E-state index is 13.0. The molecule has 1 atom stereocenters. The second-order valence-electron chi connectivity index (χ2n) is 6.84. The van der Waals surface area contributed by atoms with Crippen LogP contribution in [0.3, 0.4) is 0 Å². The van der Waals surface area contributed by atoms with Crippen LogP contribution in [0.15, 0.2) is 61.1 Å². The molecule has 0 saturated carbocycles. The molecule has 0 bridgehead atoms. The zero-order valence-electron chi connectivity index (χ0n) is 16.2. The van der Waals surface area contributed by atoms with Crippen molar-refractivity contribution in [2.75, 3.05) is 18.6 Å². The van der Waals surface area contributed by atoms with E-state index in [4.69, 9.17) is 9.47 Å². The SMILES string of the molecule is COc1cnc2c(c1)CC(=O)CN2C(=O)C(C)Oc1ccc(-n2cccc2)cc1. The number of methoxy groups -OCH3 is 1. The van der Waals surface area contributed by atoms with E-state index in [1.54, 1.807) is 19.2 Å². The van der Waals surface area contributed by atoms with Crippen LogP contribution < -0.4 is 14.4 Å². The molecule has 3 aromatic rings. The fraction of sp³-hybridized carbons (Fsp3) is 0.227. The summed E-state index contributed by atoms with van der Waals surface area (Å²) in [4.78, 5) is 30.9. The van der Waals surface area contributed by atoms with Crippen LogP contribution in [0.2, 0.25) is 0 Å². The van der Waals surface area contributed by atoms with Gasteiger partial charge in [-0.2, -0.15) is 0 Å². The first-order valence-corrected chi connectivity index (χ1v) is 9.31. The van der Waals surface area contributed by atoms with Gasteiger partial charge in [0.15, 0.2) is 11.9 Å². The molecule has 2 aromatic heterocycles. The number of nitrogens with zero attached hydrogens (tertiary/aromatic N) is 3. The highest BCUT2D eigenvalue weighted by Crippen LogP contribution is 2.28. The fourth-order valence-electron chi connectivity index (χ4n) is 3.35. The van der Waals surface area contributed by atoms with Crippen LogP contribution in [0.25, 0.3) is 5.69 Å². The van der Waals surface area contributed by atoms with Gasteiger partial charge in [-0.3, -0.25) is 14.5 Å². The van der Waals surface area contributed by atoms with Gasteiger partial charge in [0, 0.05) is 30.1 Å². The molecule has 0 radical (unpaired) electrons. The van der Waals surface area contributed by atoms with Gasteiger partial charge in [0.2, 0.25) is 0 Å². The van der Waals surface area contributed by atoms with Gasteiger partial charge in [0.1, 0.15) is 17.3 Å². The summed E-state index contributed by atoms with van der Waals surface area (Å²) in [7, 11) is 1.54. The third-order valence-electron chi connectivity index (χ3n) is 4.80. The van der Waals surface area contributed by atoms with E-state index >= 15 is 0 Å². The van der Waals surface area contributed by atoms with Crippen molar-refractivity contribution < 1.29 is 19.1 Å². The second kappa shape index (κ2) is 7.79. The Labute approximate surface area is 168 Å². The summed E-state index contributed by atoms with van der Waals surface area (Å²) in [6.07, 6.45) is 4.92. The van der Waals surface area contributed by atoms with Gasteiger partial charge < -0.3 is 14.0 Å². The number of pyridine rings is 1. The van der Waals surface area contributed by atoms with E-state index < -0.39 is 6.10 Å². The predicted molar refractivity (Wildman–Crippen MR) is 108 cm³/mol. The Morgan fingerprint density at radius 3 is 2.55 bits per heavy atom. The van der Waals surface area contributed by atoms with Crippen molar-refractivity contribution in [2.24, 2.45) is 0 Å². The fourth-order valence-corrected chi connectivity index (χ4v) is 3.35. The minimum Gasteiger partial charge on any atom is -0.495 e. The summed E-state index contributed by atoms with van der Waals surface area (Å²) >= 11 is 0. The Morgan fingerprint density at radius 2 is 1.86 bits per heavy atom. The number of anilines is 1. The first kappa shape index (κ1) is 18.7. The minimum atomic E-state index is -0.768. The number of carbonyl (C=O) groups excluding carboxylic acids is 2. The number of ketones is 1. The molecule has 0 N–H and O–H groups in total. The molecule has 1 aromatic carbocycles. The van der Waals surface area contributed by atoms with Crippen LogP contribution >= 0.6 is 0 Å². The number of ether oxygens (including phenoxy) is 2. The quantitative estimate of drug-likeness (QED) is 0.669. The number of Topliss-reactive ketones (excluding diaryl/α,β-unsaturated/α-hetero) is 1. The van der Waals surface area contributed by atoms with Gasteiger partial charge in [-0.25, -0.2) is 4.98 Å². The second-order valence-corrected chi connectivity index (χ2v) is 6.84.